The maximum Gasteiger partial charge on any atom is 0.309 e. The van der Waals surface area contributed by atoms with Gasteiger partial charge in [0.1, 0.15) is 5.60 Å². The van der Waals surface area contributed by atoms with E-state index in [1.54, 1.807) is 6.92 Å². The molecule has 32 heavy (non-hydrogen) atoms. The fraction of sp³-hybridized carbons (Fsp3) is 0.423. The third kappa shape index (κ3) is 8.92. The molecule has 0 spiro atoms. The van der Waals surface area contributed by atoms with Gasteiger partial charge in [-0.25, -0.2) is 0 Å². The van der Waals surface area contributed by atoms with E-state index in [1.807, 2.05) is 75.4 Å². The van der Waals surface area contributed by atoms with Gasteiger partial charge in [-0.3, -0.25) is 14.4 Å². The smallest absolute Gasteiger partial charge is 0.309 e. The van der Waals surface area contributed by atoms with E-state index in [9.17, 15) is 14.4 Å². The highest BCUT2D eigenvalue weighted by Gasteiger charge is 2.25. The van der Waals surface area contributed by atoms with Gasteiger partial charge in [-0.05, 0) is 50.3 Å². The first-order valence-corrected chi connectivity index (χ1v) is 10.9. The van der Waals surface area contributed by atoms with E-state index in [0.717, 1.165) is 16.7 Å². The minimum Gasteiger partial charge on any atom is -0.481 e. The van der Waals surface area contributed by atoms with Crippen LogP contribution in [0.4, 0.5) is 0 Å². The predicted octanol–water partition coefficient (Wildman–Crippen LogP) is 4.61. The molecule has 0 heterocycles. The van der Waals surface area contributed by atoms with Crippen molar-refractivity contribution in [3.8, 4) is 11.1 Å². The van der Waals surface area contributed by atoms with E-state index < -0.39 is 17.5 Å². The molecular weight excluding hydrogens is 406 g/mol. The SMILES string of the molecule is C[C@H](C[C@@H](Cc1ccc(-c2ccccc2)cc1)NC(=O)CCC(=O)O)C(=O)OC(C)(C)C. The molecule has 0 bridgehead atoms. The number of rotatable bonds is 10. The number of carbonyl (C=O) groups excluding carboxylic acids is 2. The largest absolute Gasteiger partial charge is 0.481 e. The van der Waals surface area contributed by atoms with Crippen molar-refractivity contribution in [3.63, 3.8) is 0 Å². The standard InChI is InChI=1S/C26H33NO5/c1-18(25(31)32-26(2,3)4)16-22(27-23(28)14-15-24(29)30)17-19-10-12-21(13-11-19)20-8-6-5-7-9-20/h5-13,18,22H,14-17H2,1-4H3,(H,27,28)(H,29,30)/t18-,22+/m1/s1. The van der Waals surface area contributed by atoms with Gasteiger partial charge >= 0.3 is 11.9 Å². The summed E-state index contributed by atoms with van der Waals surface area (Å²) in [5.74, 6) is -2.09. The fourth-order valence-corrected chi connectivity index (χ4v) is 3.39. The van der Waals surface area contributed by atoms with E-state index >= 15 is 0 Å². The number of carboxylic acid groups (broad SMARTS) is 1. The summed E-state index contributed by atoms with van der Waals surface area (Å²) in [4.78, 5) is 35.5. The third-order valence-electron chi connectivity index (χ3n) is 4.92. The molecule has 2 rings (SSSR count). The summed E-state index contributed by atoms with van der Waals surface area (Å²) < 4.78 is 5.47. The van der Waals surface area contributed by atoms with Gasteiger partial charge in [0, 0.05) is 12.5 Å². The summed E-state index contributed by atoms with van der Waals surface area (Å²) in [5.41, 5.74) is 2.65. The maximum atomic E-state index is 12.4. The lowest BCUT2D eigenvalue weighted by atomic mass is 9.94. The number of nitrogens with one attached hydrogen (secondary N) is 1. The van der Waals surface area contributed by atoms with Gasteiger partial charge in [0.25, 0.3) is 0 Å². The number of benzene rings is 2. The van der Waals surface area contributed by atoms with Crippen LogP contribution >= 0.6 is 0 Å². The number of carboxylic acids is 1. The lowest BCUT2D eigenvalue weighted by Crippen LogP contribution is -2.39. The minimum absolute atomic E-state index is 0.0976. The van der Waals surface area contributed by atoms with Crippen molar-refractivity contribution in [1.29, 1.82) is 0 Å². The van der Waals surface area contributed by atoms with Crippen molar-refractivity contribution in [1.82, 2.24) is 5.32 Å². The molecule has 0 saturated carbocycles. The first-order valence-electron chi connectivity index (χ1n) is 10.9. The summed E-state index contributed by atoms with van der Waals surface area (Å²) >= 11 is 0. The summed E-state index contributed by atoms with van der Waals surface area (Å²) in [7, 11) is 0. The van der Waals surface area contributed by atoms with Crippen LogP contribution < -0.4 is 5.32 Å². The number of ether oxygens (including phenoxy) is 1. The molecule has 172 valence electrons. The quantitative estimate of drug-likeness (QED) is 0.527. The molecule has 0 aliphatic carbocycles. The second-order valence-corrected chi connectivity index (χ2v) is 9.10. The highest BCUT2D eigenvalue weighted by atomic mass is 16.6. The second-order valence-electron chi connectivity index (χ2n) is 9.10. The molecule has 0 unspecified atom stereocenters. The van der Waals surface area contributed by atoms with Crippen molar-refractivity contribution < 1.29 is 24.2 Å². The van der Waals surface area contributed by atoms with Gasteiger partial charge < -0.3 is 15.2 Å². The van der Waals surface area contributed by atoms with Gasteiger partial charge in [0.05, 0.1) is 12.3 Å². The molecule has 6 nitrogen and oxygen atoms in total. The Kier molecular flexibility index (Phi) is 9.00. The van der Waals surface area contributed by atoms with Crippen LogP contribution in [0.3, 0.4) is 0 Å². The number of hydrogen-bond acceptors (Lipinski definition) is 4. The van der Waals surface area contributed by atoms with Crippen LogP contribution in [0.15, 0.2) is 54.6 Å². The van der Waals surface area contributed by atoms with Gasteiger partial charge in [-0.1, -0.05) is 61.5 Å². The number of esters is 1. The zero-order valence-corrected chi connectivity index (χ0v) is 19.3. The molecule has 0 radical (unpaired) electrons. The van der Waals surface area contributed by atoms with Crippen molar-refractivity contribution in [3.05, 3.63) is 60.2 Å². The summed E-state index contributed by atoms with van der Waals surface area (Å²) in [6.07, 6.45) is 0.598. The number of hydrogen-bond donors (Lipinski definition) is 2. The Morgan fingerprint density at radius 3 is 2.09 bits per heavy atom. The van der Waals surface area contributed by atoms with E-state index in [1.165, 1.54) is 0 Å². The lowest BCUT2D eigenvalue weighted by molar-refractivity contribution is -0.160. The van der Waals surface area contributed by atoms with Crippen LogP contribution in [0.2, 0.25) is 0 Å². The number of aliphatic carboxylic acids is 1. The predicted molar refractivity (Wildman–Crippen MR) is 124 cm³/mol. The molecule has 2 N–H and O–H groups in total. The van der Waals surface area contributed by atoms with Gasteiger partial charge in [-0.15, -0.1) is 0 Å². The maximum absolute atomic E-state index is 12.4. The molecule has 1 amide bonds. The average Bonchev–Trinajstić information content (AvgIpc) is 2.72. The number of amides is 1. The van der Waals surface area contributed by atoms with Crippen molar-refractivity contribution in [2.45, 2.75) is 65.0 Å². The molecule has 0 aliphatic rings. The van der Waals surface area contributed by atoms with Crippen LogP contribution in [0.5, 0.6) is 0 Å². The molecule has 2 aromatic rings. The molecule has 0 aliphatic heterocycles. The second kappa shape index (κ2) is 11.5. The molecule has 2 atom stereocenters. The average molecular weight is 440 g/mol. The van der Waals surface area contributed by atoms with Crippen LogP contribution in [-0.2, 0) is 25.5 Å². The molecule has 0 saturated heterocycles. The zero-order valence-electron chi connectivity index (χ0n) is 19.3. The number of carbonyl (C=O) groups is 3. The summed E-state index contributed by atoms with van der Waals surface area (Å²) in [6, 6.07) is 17.8. The van der Waals surface area contributed by atoms with Crippen molar-refractivity contribution >= 4 is 17.8 Å². The zero-order chi connectivity index (χ0) is 23.7. The van der Waals surface area contributed by atoms with Crippen LogP contribution in [0, 0.1) is 5.92 Å². The summed E-state index contributed by atoms with van der Waals surface area (Å²) in [6.45, 7) is 7.23. The van der Waals surface area contributed by atoms with Gasteiger partial charge in [0.15, 0.2) is 0 Å². The fourth-order valence-electron chi connectivity index (χ4n) is 3.39. The minimum atomic E-state index is -1.02. The van der Waals surface area contributed by atoms with E-state index in [4.69, 9.17) is 9.84 Å². The Bertz CT molecular complexity index is 900. The Morgan fingerprint density at radius 1 is 0.938 bits per heavy atom. The van der Waals surface area contributed by atoms with Crippen molar-refractivity contribution in [2.24, 2.45) is 5.92 Å². The summed E-state index contributed by atoms with van der Waals surface area (Å²) in [5, 5.41) is 11.7. The first kappa shape index (κ1) is 25.1. The highest BCUT2D eigenvalue weighted by Crippen LogP contribution is 2.21. The molecule has 6 heteroatoms. The Hall–Kier alpha value is -3.15. The van der Waals surface area contributed by atoms with Gasteiger partial charge in [-0.2, -0.15) is 0 Å². The third-order valence-corrected chi connectivity index (χ3v) is 4.92. The topological polar surface area (TPSA) is 92.7 Å². The van der Waals surface area contributed by atoms with E-state index in [2.05, 4.69) is 5.32 Å². The molecule has 0 aromatic heterocycles. The van der Waals surface area contributed by atoms with Crippen LogP contribution in [0.1, 0.15) is 52.5 Å². The normalized spacial score (nSPS) is 13.1. The first-order chi connectivity index (χ1) is 15.0. The molecule has 2 aromatic carbocycles. The highest BCUT2D eigenvalue weighted by molar-refractivity contribution is 5.81. The van der Waals surface area contributed by atoms with Crippen LogP contribution in [0.25, 0.3) is 11.1 Å². The van der Waals surface area contributed by atoms with E-state index in [0.29, 0.717) is 12.8 Å². The van der Waals surface area contributed by atoms with Crippen LogP contribution in [-0.4, -0.2) is 34.6 Å². The Morgan fingerprint density at radius 2 is 1.53 bits per heavy atom. The van der Waals surface area contributed by atoms with Gasteiger partial charge in [0.2, 0.25) is 5.91 Å². The Labute approximate surface area is 190 Å². The molecular formula is C26H33NO5. The van der Waals surface area contributed by atoms with Crippen molar-refractivity contribution in [2.75, 3.05) is 0 Å². The molecule has 0 fully saturated rings. The van der Waals surface area contributed by atoms with E-state index in [-0.39, 0.29) is 30.8 Å². The Balaban J connectivity index is 2.10. The monoisotopic (exact) mass is 439 g/mol. The lowest BCUT2D eigenvalue weighted by Gasteiger charge is -2.25.